The van der Waals surface area contributed by atoms with E-state index in [4.69, 9.17) is 9.97 Å². The molecule has 0 bridgehead atoms. The normalized spacial score (nSPS) is 19.4. The molecule has 1 saturated heterocycles. The second-order valence-corrected chi connectivity index (χ2v) is 8.85. The van der Waals surface area contributed by atoms with Crippen molar-refractivity contribution in [3.8, 4) is 0 Å². The lowest BCUT2D eigenvalue weighted by Crippen LogP contribution is -2.57. The highest BCUT2D eigenvalue weighted by Gasteiger charge is 2.46. The lowest BCUT2D eigenvalue weighted by atomic mass is 9.78. The van der Waals surface area contributed by atoms with Crippen LogP contribution in [0.2, 0.25) is 0 Å². The van der Waals surface area contributed by atoms with Crippen LogP contribution in [0.3, 0.4) is 0 Å². The number of nitrogens with zero attached hydrogens (tertiary/aromatic N) is 5. The molecule has 1 N–H and O–H groups in total. The van der Waals surface area contributed by atoms with Crippen LogP contribution in [0.15, 0.2) is 12.5 Å². The smallest absolute Gasteiger partial charge is 0.135 e. The van der Waals surface area contributed by atoms with Crippen LogP contribution in [0, 0.1) is 12.8 Å². The zero-order valence-electron chi connectivity index (χ0n) is 17.8. The minimum absolute atomic E-state index is 0.0708. The Morgan fingerprint density at radius 3 is 2.68 bits per heavy atom. The van der Waals surface area contributed by atoms with Crippen LogP contribution < -0.4 is 4.90 Å². The molecule has 0 aromatic carbocycles. The van der Waals surface area contributed by atoms with Crippen molar-refractivity contribution in [1.82, 2.24) is 24.8 Å². The van der Waals surface area contributed by atoms with Gasteiger partial charge in [0, 0.05) is 50.1 Å². The Labute approximate surface area is 168 Å². The van der Waals surface area contributed by atoms with Gasteiger partial charge in [0.15, 0.2) is 0 Å². The summed E-state index contributed by atoms with van der Waals surface area (Å²) in [5, 5.41) is 0. The summed E-state index contributed by atoms with van der Waals surface area (Å²) in [5.74, 6) is 2.68. The molecule has 6 nitrogen and oxygen atoms in total. The highest BCUT2D eigenvalue weighted by Crippen LogP contribution is 2.43. The Balaban J connectivity index is 1.61. The fourth-order valence-corrected chi connectivity index (χ4v) is 5.07. The van der Waals surface area contributed by atoms with Crippen LogP contribution in [0.1, 0.15) is 62.8 Å². The van der Waals surface area contributed by atoms with Gasteiger partial charge in [-0.2, -0.15) is 0 Å². The Morgan fingerprint density at radius 1 is 1.18 bits per heavy atom. The maximum atomic E-state index is 4.83. The molecule has 0 unspecified atom stereocenters. The topological polar surface area (TPSA) is 60.9 Å². The summed E-state index contributed by atoms with van der Waals surface area (Å²) < 4.78 is 0. The molecule has 4 heterocycles. The molecule has 0 amide bonds. The lowest BCUT2D eigenvalue weighted by molar-refractivity contribution is 0.0341. The number of H-pyrrole nitrogens is 1. The highest BCUT2D eigenvalue weighted by atomic mass is 15.3. The van der Waals surface area contributed by atoms with Crippen LogP contribution in [0.25, 0.3) is 0 Å². The molecule has 1 spiro atoms. The van der Waals surface area contributed by atoms with Crippen molar-refractivity contribution in [1.29, 1.82) is 0 Å². The number of nitrogens with one attached hydrogen (secondary N) is 1. The Bertz CT molecular complexity index is 803. The molecule has 4 rings (SSSR count). The van der Waals surface area contributed by atoms with E-state index in [2.05, 4.69) is 40.5 Å². The summed E-state index contributed by atoms with van der Waals surface area (Å²) in [6.07, 6.45) is 9.38. The highest BCUT2D eigenvalue weighted by molar-refractivity contribution is 5.47. The number of fused-ring (bicyclic) bond motifs is 2. The van der Waals surface area contributed by atoms with Gasteiger partial charge in [-0.1, -0.05) is 27.2 Å². The van der Waals surface area contributed by atoms with Crippen molar-refractivity contribution in [3.05, 3.63) is 35.3 Å². The number of aryl methyl sites for hydroxylation is 2. The third-order valence-electron chi connectivity index (χ3n) is 6.35. The number of hydrogen-bond donors (Lipinski definition) is 1. The number of anilines is 1. The first-order valence-electron chi connectivity index (χ1n) is 10.9. The molecular weight excluding hydrogens is 348 g/mol. The summed E-state index contributed by atoms with van der Waals surface area (Å²) in [5.41, 5.74) is 4.00. The molecule has 2 aromatic rings. The minimum atomic E-state index is 0.0708. The number of rotatable bonds is 5. The predicted octanol–water partition coefficient (Wildman–Crippen LogP) is 3.47. The maximum Gasteiger partial charge on any atom is 0.135 e. The average molecular weight is 383 g/mol. The molecule has 0 saturated carbocycles. The summed E-state index contributed by atoms with van der Waals surface area (Å²) in [6.45, 7) is 13.2. The van der Waals surface area contributed by atoms with E-state index in [-0.39, 0.29) is 5.54 Å². The molecule has 6 heteroatoms. The second kappa shape index (κ2) is 7.82. The predicted molar refractivity (Wildman–Crippen MR) is 113 cm³/mol. The molecule has 0 atom stereocenters. The molecule has 2 aromatic heterocycles. The Kier molecular flexibility index (Phi) is 5.41. The van der Waals surface area contributed by atoms with Gasteiger partial charge >= 0.3 is 0 Å². The van der Waals surface area contributed by atoms with E-state index in [1.54, 1.807) is 0 Å². The van der Waals surface area contributed by atoms with E-state index in [0.717, 1.165) is 69.9 Å². The molecular formula is C22H34N6. The summed E-state index contributed by atoms with van der Waals surface area (Å²) in [6, 6.07) is 0. The third kappa shape index (κ3) is 3.43. The van der Waals surface area contributed by atoms with Crippen molar-refractivity contribution in [3.63, 3.8) is 0 Å². The molecule has 0 aliphatic carbocycles. The van der Waals surface area contributed by atoms with Crippen molar-refractivity contribution in [2.75, 3.05) is 31.1 Å². The summed E-state index contributed by atoms with van der Waals surface area (Å²) in [4.78, 5) is 22.7. The van der Waals surface area contributed by atoms with Gasteiger partial charge in [0.05, 0.1) is 17.6 Å². The zero-order chi connectivity index (χ0) is 19.7. The largest absolute Gasteiger partial charge is 0.356 e. The van der Waals surface area contributed by atoms with Crippen LogP contribution in [-0.2, 0) is 18.4 Å². The lowest BCUT2D eigenvalue weighted by Gasteiger charge is -2.51. The van der Waals surface area contributed by atoms with Crippen molar-refractivity contribution in [2.45, 2.75) is 65.3 Å². The van der Waals surface area contributed by atoms with Gasteiger partial charge in [0.1, 0.15) is 11.6 Å². The number of imidazole rings is 1. The van der Waals surface area contributed by atoms with Gasteiger partial charge in [-0.15, -0.1) is 0 Å². The van der Waals surface area contributed by atoms with E-state index in [1.807, 2.05) is 19.4 Å². The first-order valence-corrected chi connectivity index (χ1v) is 10.9. The van der Waals surface area contributed by atoms with Gasteiger partial charge in [0.2, 0.25) is 0 Å². The number of hydrogen-bond acceptors (Lipinski definition) is 5. The standard InChI is InChI=1S/C22H34N6/c1-5-6-18-13-23-17(4)26-21(18)27-11-8-22(9-12-27)20-19(24-15-25-20)7-10-28(22)14-16(2)3/h13,15-16H,5-12,14H2,1-4H3,(H,24,25). The van der Waals surface area contributed by atoms with Crippen LogP contribution in [-0.4, -0.2) is 51.0 Å². The molecule has 28 heavy (non-hydrogen) atoms. The second-order valence-electron chi connectivity index (χ2n) is 8.85. The van der Waals surface area contributed by atoms with Crippen LogP contribution in [0.4, 0.5) is 5.82 Å². The van der Waals surface area contributed by atoms with Crippen molar-refractivity contribution >= 4 is 5.82 Å². The monoisotopic (exact) mass is 382 g/mol. The molecule has 2 aliphatic heterocycles. The van der Waals surface area contributed by atoms with Crippen LogP contribution in [0.5, 0.6) is 0 Å². The first kappa shape index (κ1) is 19.4. The Morgan fingerprint density at radius 2 is 1.96 bits per heavy atom. The van der Waals surface area contributed by atoms with Crippen molar-refractivity contribution in [2.24, 2.45) is 5.92 Å². The van der Waals surface area contributed by atoms with E-state index in [1.165, 1.54) is 17.0 Å². The van der Waals surface area contributed by atoms with Crippen LogP contribution >= 0.6 is 0 Å². The number of aromatic amines is 1. The van der Waals surface area contributed by atoms with Gasteiger partial charge < -0.3 is 9.88 Å². The fraction of sp³-hybridized carbons (Fsp3) is 0.682. The summed E-state index contributed by atoms with van der Waals surface area (Å²) in [7, 11) is 0. The van der Waals surface area contributed by atoms with E-state index < -0.39 is 0 Å². The molecule has 152 valence electrons. The average Bonchev–Trinajstić information content (AvgIpc) is 3.16. The molecule has 0 radical (unpaired) electrons. The van der Waals surface area contributed by atoms with E-state index in [0.29, 0.717) is 5.92 Å². The van der Waals surface area contributed by atoms with Gasteiger partial charge in [-0.05, 0) is 32.1 Å². The van der Waals surface area contributed by atoms with Gasteiger partial charge in [-0.25, -0.2) is 15.0 Å². The molecule has 2 aliphatic rings. The SMILES string of the molecule is CCCc1cnc(C)nc1N1CCC2(CC1)c1nc[nH]c1CCN2CC(C)C. The number of piperidine rings is 1. The van der Waals surface area contributed by atoms with Gasteiger partial charge in [-0.3, -0.25) is 4.90 Å². The van der Waals surface area contributed by atoms with Gasteiger partial charge in [0.25, 0.3) is 0 Å². The minimum Gasteiger partial charge on any atom is -0.356 e. The maximum absolute atomic E-state index is 4.83. The van der Waals surface area contributed by atoms with E-state index >= 15 is 0 Å². The third-order valence-corrected chi connectivity index (χ3v) is 6.35. The molecule has 1 fully saturated rings. The quantitative estimate of drug-likeness (QED) is 0.858. The van der Waals surface area contributed by atoms with E-state index in [9.17, 15) is 0 Å². The number of aromatic nitrogens is 4. The summed E-state index contributed by atoms with van der Waals surface area (Å²) >= 11 is 0. The zero-order valence-corrected chi connectivity index (χ0v) is 17.8. The first-order chi connectivity index (χ1) is 13.5. The Hall–Kier alpha value is -1.95. The fourth-order valence-electron chi connectivity index (χ4n) is 5.07. The van der Waals surface area contributed by atoms with Crippen molar-refractivity contribution < 1.29 is 0 Å².